The first kappa shape index (κ1) is 28.0. The van der Waals surface area contributed by atoms with Gasteiger partial charge in [-0.15, -0.1) is 5.10 Å². The number of benzene rings is 2. The number of hydrogen-bond donors (Lipinski definition) is 0. The highest BCUT2D eigenvalue weighted by Gasteiger charge is 2.36. The van der Waals surface area contributed by atoms with Gasteiger partial charge >= 0.3 is 5.69 Å². The number of aromatic nitrogens is 4. The number of hydrogen-bond acceptors (Lipinski definition) is 7. The summed E-state index contributed by atoms with van der Waals surface area (Å²) in [7, 11) is 0. The van der Waals surface area contributed by atoms with Crippen molar-refractivity contribution in [1.82, 2.24) is 29.8 Å². The second kappa shape index (κ2) is 11.5. The van der Waals surface area contributed by atoms with Gasteiger partial charge in [-0.3, -0.25) is 19.8 Å². The molecule has 0 N–H and O–H groups in total. The number of carbonyl (C=O) groups excluding carboxylic acids is 1. The van der Waals surface area contributed by atoms with Crippen molar-refractivity contribution < 1.29 is 9.72 Å². The van der Waals surface area contributed by atoms with Gasteiger partial charge in [-0.1, -0.05) is 70.3 Å². The molecule has 2 atom stereocenters. The number of piperazine rings is 1. The fourth-order valence-corrected chi connectivity index (χ4v) is 6.03. The van der Waals surface area contributed by atoms with Crippen LogP contribution in [-0.2, 0) is 6.54 Å². The maximum Gasteiger partial charge on any atom is 0.308 e. The van der Waals surface area contributed by atoms with Crippen molar-refractivity contribution in [2.75, 3.05) is 13.1 Å². The van der Waals surface area contributed by atoms with Gasteiger partial charge in [0.25, 0.3) is 5.91 Å². The van der Waals surface area contributed by atoms with Gasteiger partial charge in [0.2, 0.25) is 0 Å². The van der Waals surface area contributed by atoms with Crippen molar-refractivity contribution in [3.8, 4) is 16.9 Å². The van der Waals surface area contributed by atoms with E-state index in [0.717, 1.165) is 0 Å². The molecule has 1 aliphatic rings. The minimum Gasteiger partial charge on any atom is -0.335 e. The van der Waals surface area contributed by atoms with Crippen LogP contribution in [0.25, 0.3) is 16.9 Å². The Balaban J connectivity index is 1.34. The Morgan fingerprint density at radius 2 is 1.70 bits per heavy atom. The van der Waals surface area contributed by atoms with E-state index in [4.69, 9.17) is 34.8 Å². The zero-order valence-corrected chi connectivity index (χ0v) is 23.8. The molecule has 1 saturated heterocycles. The van der Waals surface area contributed by atoms with Crippen LogP contribution in [0.1, 0.15) is 29.9 Å². The molecule has 2 aromatic carbocycles. The largest absolute Gasteiger partial charge is 0.335 e. The molecule has 10 nitrogen and oxygen atoms in total. The van der Waals surface area contributed by atoms with Crippen molar-refractivity contribution in [2.45, 2.75) is 32.5 Å². The van der Waals surface area contributed by atoms with Crippen molar-refractivity contribution in [3.05, 3.63) is 97.4 Å². The van der Waals surface area contributed by atoms with Crippen molar-refractivity contribution >= 4 is 46.4 Å². The zero-order valence-electron chi connectivity index (χ0n) is 21.5. The molecule has 2 aromatic heterocycles. The molecule has 0 bridgehead atoms. The predicted octanol–water partition coefficient (Wildman–Crippen LogP) is 5.93. The highest BCUT2D eigenvalue weighted by molar-refractivity contribution is 6.40. The molecule has 5 rings (SSSR count). The van der Waals surface area contributed by atoms with Gasteiger partial charge in [0.1, 0.15) is 16.9 Å². The first-order chi connectivity index (χ1) is 19.1. The molecule has 206 valence electrons. The average Bonchev–Trinajstić information content (AvgIpc) is 3.37. The third kappa shape index (κ3) is 5.53. The second-order valence-electron chi connectivity index (χ2n) is 9.63. The number of nitro groups is 1. The molecule has 0 aliphatic carbocycles. The van der Waals surface area contributed by atoms with Gasteiger partial charge in [0.05, 0.1) is 26.9 Å². The summed E-state index contributed by atoms with van der Waals surface area (Å²) in [6, 6.07) is 13.3. The summed E-state index contributed by atoms with van der Waals surface area (Å²) in [6.45, 7) is 5.24. The van der Waals surface area contributed by atoms with E-state index in [1.54, 1.807) is 47.5 Å². The van der Waals surface area contributed by atoms with E-state index < -0.39 is 10.8 Å². The third-order valence-corrected chi connectivity index (χ3v) is 7.66. The first-order valence-electron chi connectivity index (χ1n) is 12.4. The summed E-state index contributed by atoms with van der Waals surface area (Å²) >= 11 is 18.7. The van der Waals surface area contributed by atoms with Gasteiger partial charge < -0.3 is 4.90 Å². The Kier molecular flexibility index (Phi) is 8.04. The third-order valence-electron chi connectivity index (χ3n) is 6.87. The summed E-state index contributed by atoms with van der Waals surface area (Å²) in [6.07, 6.45) is 3.19. The maximum absolute atomic E-state index is 13.6. The molecule has 0 spiro atoms. The number of amides is 1. The van der Waals surface area contributed by atoms with Gasteiger partial charge in [0, 0.05) is 48.5 Å². The molecule has 0 radical (unpaired) electrons. The molecule has 1 fully saturated rings. The second-order valence-corrected chi connectivity index (χ2v) is 10.9. The molecule has 0 saturated carbocycles. The summed E-state index contributed by atoms with van der Waals surface area (Å²) < 4.78 is 1.51. The standard InChI is InChI=1S/C27H24Cl3N7O3/c1-16-12-34(27(38)21-8-9-31-24(25(21)37(39)40)18-6-4-3-5-7-18)13-17(2)35(16)14-20-15-36(33-32-20)26-22(29)10-19(28)11-23(26)30/h3-11,15-17H,12-14H2,1-2H3/t16-,17+. The van der Waals surface area contributed by atoms with Crippen molar-refractivity contribution in [1.29, 1.82) is 0 Å². The molecule has 1 aliphatic heterocycles. The fourth-order valence-electron chi connectivity index (χ4n) is 5.04. The lowest BCUT2D eigenvalue weighted by atomic mass is 10.0. The number of rotatable bonds is 6. The molecule has 1 amide bonds. The van der Waals surface area contributed by atoms with Crippen LogP contribution >= 0.6 is 34.8 Å². The van der Waals surface area contributed by atoms with Gasteiger partial charge in [-0.2, -0.15) is 0 Å². The Labute approximate surface area is 245 Å². The molecule has 0 unspecified atom stereocenters. The average molecular weight is 601 g/mol. The highest BCUT2D eigenvalue weighted by atomic mass is 35.5. The van der Waals surface area contributed by atoms with E-state index in [1.165, 1.54) is 16.9 Å². The predicted molar refractivity (Wildman–Crippen MR) is 153 cm³/mol. The van der Waals surface area contributed by atoms with Gasteiger partial charge in [-0.05, 0) is 32.0 Å². The highest BCUT2D eigenvalue weighted by Crippen LogP contribution is 2.33. The Hall–Kier alpha value is -3.57. The van der Waals surface area contributed by atoms with Crippen LogP contribution in [0.4, 0.5) is 5.69 Å². The van der Waals surface area contributed by atoms with E-state index in [1.807, 2.05) is 19.9 Å². The van der Waals surface area contributed by atoms with Crippen LogP contribution < -0.4 is 0 Å². The lowest BCUT2D eigenvalue weighted by Gasteiger charge is -2.44. The quantitative estimate of drug-likeness (QED) is 0.199. The van der Waals surface area contributed by atoms with Crippen LogP contribution in [0, 0.1) is 10.1 Å². The van der Waals surface area contributed by atoms with Gasteiger partial charge in [0.15, 0.2) is 0 Å². The smallest absolute Gasteiger partial charge is 0.308 e. The topological polar surface area (TPSA) is 110 Å². The minimum absolute atomic E-state index is 0.0198. The fraction of sp³-hybridized carbons (Fsp3) is 0.259. The zero-order chi connectivity index (χ0) is 28.6. The Morgan fingerprint density at radius 1 is 1.05 bits per heavy atom. The summed E-state index contributed by atoms with van der Waals surface area (Å²) in [5.74, 6) is -0.400. The van der Waals surface area contributed by atoms with Crippen LogP contribution in [-0.4, -0.2) is 65.8 Å². The van der Waals surface area contributed by atoms with Crippen LogP contribution in [0.2, 0.25) is 15.1 Å². The number of carbonyl (C=O) groups is 1. The van der Waals surface area contributed by atoms with E-state index in [9.17, 15) is 14.9 Å². The van der Waals surface area contributed by atoms with E-state index in [-0.39, 0.29) is 29.0 Å². The SMILES string of the molecule is C[C@@H]1CN(C(=O)c2ccnc(-c3ccccc3)c2[N+](=O)[O-])C[C@H](C)N1Cc1cn(-c2c(Cl)cc(Cl)cc2Cl)nn1. The monoisotopic (exact) mass is 599 g/mol. The normalized spacial score (nSPS) is 17.7. The van der Waals surface area contributed by atoms with Crippen molar-refractivity contribution in [2.24, 2.45) is 0 Å². The lowest BCUT2D eigenvalue weighted by molar-refractivity contribution is -0.384. The summed E-state index contributed by atoms with van der Waals surface area (Å²) in [4.78, 5) is 33.3. The molecule has 4 aromatic rings. The van der Waals surface area contributed by atoms with Crippen LogP contribution in [0.15, 0.2) is 60.9 Å². The van der Waals surface area contributed by atoms with E-state index >= 15 is 0 Å². The Morgan fingerprint density at radius 3 is 2.33 bits per heavy atom. The number of nitrogens with zero attached hydrogens (tertiary/aromatic N) is 7. The van der Waals surface area contributed by atoms with Crippen LogP contribution in [0.3, 0.4) is 0 Å². The lowest BCUT2D eigenvalue weighted by Crippen LogP contribution is -2.57. The van der Waals surface area contributed by atoms with Crippen molar-refractivity contribution in [3.63, 3.8) is 0 Å². The first-order valence-corrected chi connectivity index (χ1v) is 13.6. The van der Waals surface area contributed by atoms with E-state index in [0.29, 0.717) is 51.6 Å². The molecule has 3 heterocycles. The minimum atomic E-state index is -0.534. The maximum atomic E-state index is 13.6. The summed E-state index contributed by atoms with van der Waals surface area (Å²) in [5, 5.41) is 21.7. The molecular formula is C27H24Cl3N7O3. The molecule has 40 heavy (non-hydrogen) atoms. The van der Waals surface area contributed by atoms with Gasteiger partial charge in [-0.25, -0.2) is 9.67 Å². The number of pyridine rings is 1. The molecule has 13 heteroatoms. The van der Waals surface area contributed by atoms with Crippen LogP contribution in [0.5, 0.6) is 0 Å². The summed E-state index contributed by atoms with van der Waals surface area (Å²) in [5.41, 5.74) is 1.64. The number of halogens is 3. The molecular weight excluding hydrogens is 577 g/mol. The van der Waals surface area contributed by atoms with E-state index in [2.05, 4.69) is 20.2 Å². The Bertz CT molecular complexity index is 1550.